The number of carbonyl (C=O) groups excluding carboxylic acids is 1. The second-order valence-electron chi connectivity index (χ2n) is 5.58. The molecule has 0 aromatic heterocycles. The number of halogens is 1. The molecular formula is C19H24ClNO6. The molecule has 0 aliphatic heterocycles. The zero-order chi connectivity index (χ0) is 20.1. The summed E-state index contributed by atoms with van der Waals surface area (Å²) in [7, 11) is 0. The Morgan fingerprint density at radius 1 is 1.26 bits per heavy atom. The number of ether oxygens (including phenoxy) is 3. The van der Waals surface area contributed by atoms with Crippen molar-refractivity contribution in [1.29, 1.82) is 0 Å². The molecule has 2 N–H and O–H groups in total. The van der Waals surface area contributed by atoms with E-state index in [-0.39, 0.29) is 26.6 Å². The van der Waals surface area contributed by atoms with E-state index >= 15 is 0 Å². The molecule has 0 heterocycles. The first-order valence-corrected chi connectivity index (χ1v) is 8.83. The molecule has 0 spiro atoms. The number of hydrogen-bond donors (Lipinski definition) is 2. The molecule has 1 aromatic carbocycles. The summed E-state index contributed by atoms with van der Waals surface area (Å²) < 4.78 is 15.7. The third-order valence-electron chi connectivity index (χ3n) is 3.65. The summed E-state index contributed by atoms with van der Waals surface area (Å²) in [6.45, 7) is 2.85. The summed E-state index contributed by atoms with van der Waals surface area (Å²) in [5.74, 6) is 0.105. The maximum atomic E-state index is 12.4. The van der Waals surface area contributed by atoms with E-state index < -0.39 is 23.8 Å². The summed E-state index contributed by atoms with van der Waals surface area (Å²) in [5.41, 5.74) is 0.307. The van der Waals surface area contributed by atoms with Gasteiger partial charge in [0.25, 0.3) is 5.91 Å². The fourth-order valence-electron chi connectivity index (χ4n) is 2.26. The van der Waals surface area contributed by atoms with Gasteiger partial charge in [-0.2, -0.15) is 0 Å². The minimum atomic E-state index is -1.17. The number of carboxylic acid groups (broad SMARTS) is 1. The quantitative estimate of drug-likeness (QED) is 0.301. The molecule has 2 atom stereocenters. The molecule has 8 heteroatoms. The fraction of sp³-hybridized carbons (Fsp3) is 0.474. The standard InChI is InChI=1S/C19H24ClNO6/c1-3-10-26-12-15(9-11-27-13-25-4-2)17(19(23)24)21-18(22)14-5-7-16(20)8-6-14/h1,5-8,15,17H,4,9-13H2,2H3,(H,21,22)(H,23,24)/t15?,17-/m1/s1. The zero-order valence-electron chi connectivity index (χ0n) is 15.2. The molecule has 0 aliphatic rings. The molecule has 0 fully saturated rings. The molecule has 27 heavy (non-hydrogen) atoms. The zero-order valence-corrected chi connectivity index (χ0v) is 15.9. The highest BCUT2D eigenvalue weighted by atomic mass is 35.5. The summed E-state index contributed by atoms with van der Waals surface area (Å²) in [4.78, 5) is 24.1. The van der Waals surface area contributed by atoms with Crippen LogP contribution in [0.15, 0.2) is 24.3 Å². The monoisotopic (exact) mass is 397 g/mol. The Morgan fingerprint density at radius 3 is 2.56 bits per heavy atom. The van der Waals surface area contributed by atoms with Crippen molar-refractivity contribution in [3.63, 3.8) is 0 Å². The van der Waals surface area contributed by atoms with Crippen LogP contribution in [0.4, 0.5) is 0 Å². The molecule has 0 saturated heterocycles. The number of terminal acetylenes is 1. The summed E-state index contributed by atoms with van der Waals surface area (Å²) in [5, 5.41) is 12.6. The van der Waals surface area contributed by atoms with Crippen LogP contribution in [0, 0.1) is 18.3 Å². The van der Waals surface area contributed by atoms with E-state index in [1.165, 1.54) is 12.1 Å². The van der Waals surface area contributed by atoms with Gasteiger partial charge in [0.2, 0.25) is 0 Å². The molecule has 1 aromatic rings. The van der Waals surface area contributed by atoms with Crippen LogP contribution in [0.25, 0.3) is 0 Å². The Bertz CT molecular complexity index is 628. The lowest BCUT2D eigenvalue weighted by molar-refractivity contribution is -0.141. The molecule has 148 valence electrons. The normalized spacial score (nSPS) is 12.8. The molecule has 1 unspecified atom stereocenters. The predicted octanol–water partition coefficient (Wildman–Crippen LogP) is 2.19. The molecule has 1 rings (SSSR count). The van der Waals surface area contributed by atoms with Gasteiger partial charge in [-0.3, -0.25) is 4.79 Å². The first kappa shape index (κ1) is 22.9. The van der Waals surface area contributed by atoms with Crippen molar-refractivity contribution in [3.8, 4) is 12.3 Å². The average molecular weight is 398 g/mol. The number of nitrogens with one attached hydrogen (secondary N) is 1. The Balaban J connectivity index is 2.77. The summed E-state index contributed by atoms with van der Waals surface area (Å²) in [6.07, 6.45) is 5.50. The number of benzene rings is 1. The van der Waals surface area contributed by atoms with Crippen LogP contribution in [0.5, 0.6) is 0 Å². The van der Waals surface area contributed by atoms with Crippen molar-refractivity contribution in [2.75, 3.05) is 33.2 Å². The van der Waals surface area contributed by atoms with Crippen molar-refractivity contribution in [3.05, 3.63) is 34.9 Å². The highest BCUT2D eigenvalue weighted by Crippen LogP contribution is 2.14. The van der Waals surface area contributed by atoms with Crippen LogP contribution >= 0.6 is 11.6 Å². The van der Waals surface area contributed by atoms with Crippen LogP contribution in [-0.4, -0.2) is 56.2 Å². The van der Waals surface area contributed by atoms with Crippen LogP contribution in [0.2, 0.25) is 5.02 Å². The summed E-state index contributed by atoms with van der Waals surface area (Å²) in [6, 6.07) is 4.99. The van der Waals surface area contributed by atoms with Crippen molar-refractivity contribution >= 4 is 23.5 Å². The van der Waals surface area contributed by atoms with Crippen LogP contribution in [-0.2, 0) is 19.0 Å². The molecular weight excluding hydrogens is 374 g/mol. The highest BCUT2D eigenvalue weighted by molar-refractivity contribution is 6.30. The molecule has 0 bridgehead atoms. The topological polar surface area (TPSA) is 94.1 Å². The molecule has 0 aliphatic carbocycles. The van der Waals surface area contributed by atoms with Crippen molar-refractivity contribution < 1.29 is 28.9 Å². The lowest BCUT2D eigenvalue weighted by atomic mass is 9.96. The van der Waals surface area contributed by atoms with Crippen molar-refractivity contribution in [2.24, 2.45) is 5.92 Å². The SMILES string of the molecule is C#CCOCC(CCOCOCC)[C@@H](NC(=O)c1ccc(Cl)cc1)C(=O)O. The van der Waals surface area contributed by atoms with E-state index in [1.807, 2.05) is 6.92 Å². The maximum Gasteiger partial charge on any atom is 0.326 e. The second kappa shape index (κ2) is 13.1. The van der Waals surface area contributed by atoms with E-state index in [4.69, 9.17) is 32.2 Å². The van der Waals surface area contributed by atoms with E-state index in [1.54, 1.807) is 12.1 Å². The van der Waals surface area contributed by atoms with E-state index in [2.05, 4.69) is 11.2 Å². The number of carbonyl (C=O) groups is 2. The minimum Gasteiger partial charge on any atom is -0.480 e. The lowest BCUT2D eigenvalue weighted by Crippen LogP contribution is -2.47. The first-order chi connectivity index (χ1) is 13.0. The van der Waals surface area contributed by atoms with Gasteiger partial charge in [0, 0.05) is 29.7 Å². The summed E-state index contributed by atoms with van der Waals surface area (Å²) >= 11 is 5.80. The van der Waals surface area contributed by atoms with Gasteiger partial charge in [-0.1, -0.05) is 17.5 Å². The van der Waals surface area contributed by atoms with E-state index in [0.29, 0.717) is 23.6 Å². The molecule has 0 saturated carbocycles. The number of carboxylic acids is 1. The number of hydrogen-bond acceptors (Lipinski definition) is 5. The Morgan fingerprint density at radius 2 is 1.96 bits per heavy atom. The number of aliphatic carboxylic acids is 1. The van der Waals surface area contributed by atoms with Crippen LogP contribution in [0.1, 0.15) is 23.7 Å². The molecule has 7 nitrogen and oxygen atoms in total. The van der Waals surface area contributed by atoms with E-state index in [0.717, 1.165) is 0 Å². The largest absolute Gasteiger partial charge is 0.480 e. The first-order valence-electron chi connectivity index (χ1n) is 8.45. The minimum absolute atomic E-state index is 0.0494. The number of rotatable bonds is 13. The van der Waals surface area contributed by atoms with Crippen molar-refractivity contribution in [1.82, 2.24) is 5.32 Å². The highest BCUT2D eigenvalue weighted by Gasteiger charge is 2.30. The van der Waals surface area contributed by atoms with Crippen molar-refractivity contribution in [2.45, 2.75) is 19.4 Å². The Kier molecular flexibility index (Phi) is 11.1. The maximum absolute atomic E-state index is 12.4. The van der Waals surface area contributed by atoms with Crippen LogP contribution < -0.4 is 5.32 Å². The van der Waals surface area contributed by atoms with E-state index in [9.17, 15) is 14.7 Å². The predicted molar refractivity (Wildman–Crippen MR) is 101 cm³/mol. The van der Waals surface area contributed by atoms with Crippen LogP contribution in [0.3, 0.4) is 0 Å². The average Bonchev–Trinajstić information content (AvgIpc) is 2.65. The van der Waals surface area contributed by atoms with Gasteiger partial charge in [-0.05, 0) is 37.6 Å². The fourth-order valence-corrected chi connectivity index (χ4v) is 2.38. The third-order valence-corrected chi connectivity index (χ3v) is 3.90. The molecule has 1 amide bonds. The number of amides is 1. The van der Waals surface area contributed by atoms with Gasteiger partial charge >= 0.3 is 5.97 Å². The van der Waals surface area contributed by atoms with Gasteiger partial charge < -0.3 is 24.6 Å². The Labute approximate surface area is 163 Å². The molecule has 0 radical (unpaired) electrons. The third kappa shape index (κ3) is 8.89. The smallest absolute Gasteiger partial charge is 0.326 e. The second-order valence-corrected chi connectivity index (χ2v) is 6.02. The van der Waals surface area contributed by atoms with Gasteiger partial charge in [-0.25, -0.2) is 4.79 Å². The Hall–Kier alpha value is -2.11. The van der Waals surface area contributed by atoms with Gasteiger partial charge in [0.15, 0.2) is 0 Å². The van der Waals surface area contributed by atoms with Gasteiger partial charge in [0.05, 0.1) is 6.61 Å². The van der Waals surface area contributed by atoms with Gasteiger partial charge in [-0.15, -0.1) is 6.42 Å². The van der Waals surface area contributed by atoms with Gasteiger partial charge in [0.1, 0.15) is 19.4 Å². The lowest BCUT2D eigenvalue weighted by Gasteiger charge is -2.24.